The molecular formula is C13H20N2O4. The van der Waals surface area contributed by atoms with Crippen LogP contribution in [0.4, 0.5) is 0 Å². The lowest BCUT2D eigenvalue weighted by molar-refractivity contribution is -0.142. The van der Waals surface area contributed by atoms with Crippen LogP contribution in [0.25, 0.3) is 0 Å². The predicted octanol–water partition coefficient (Wildman–Crippen LogP) is 2.35. The van der Waals surface area contributed by atoms with Crippen LogP contribution in [-0.2, 0) is 16.1 Å². The Morgan fingerprint density at radius 1 is 1.53 bits per heavy atom. The monoisotopic (exact) mass is 268 g/mol. The average Bonchev–Trinajstić information content (AvgIpc) is 2.87. The number of carboxylic acid groups (broad SMARTS) is 1. The number of nitrogens with zero attached hydrogens (tertiary/aromatic N) is 2. The van der Waals surface area contributed by atoms with E-state index in [9.17, 15) is 4.79 Å². The van der Waals surface area contributed by atoms with Crippen molar-refractivity contribution in [2.24, 2.45) is 5.92 Å². The van der Waals surface area contributed by atoms with E-state index >= 15 is 0 Å². The largest absolute Gasteiger partial charge is 0.480 e. The Labute approximate surface area is 112 Å². The maximum Gasteiger partial charge on any atom is 0.329 e. The third-order valence-corrected chi connectivity index (χ3v) is 3.66. The standard InChI is InChI=1S/C13H20N2O4/c1-2-9-4-3-5-10(6-9)13-14-11(19-15-13)7-18-8-12(16)17/h9-10H,2-8H2,1H3,(H,16,17). The molecule has 0 bridgehead atoms. The van der Waals surface area contributed by atoms with E-state index in [4.69, 9.17) is 14.4 Å². The molecule has 0 radical (unpaired) electrons. The minimum absolute atomic E-state index is 0.0588. The van der Waals surface area contributed by atoms with Crippen LogP contribution in [-0.4, -0.2) is 27.8 Å². The third kappa shape index (κ3) is 4.02. The number of rotatable bonds is 6. The summed E-state index contributed by atoms with van der Waals surface area (Å²) in [6.45, 7) is 1.93. The molecule has 1 fully saturated rings. The van der Waals surface area contributed by atoms with Gasteiger partial charge < -0.3 is 14.4 Å². The third-order valence-electron chi connectivity index (χ3n) is 3.66. The van der Waals surface area contributed by atoms with E-state index in [1.165, 1.54) is 19.3 Å². The van der Waals surface area contributed by atoms with Gasteiger partial charge in [-0.3, -0.25) is 0 Å². The van der Waals surface area contributed by atoms with Crippen LogP contribution in [0.2, 0.25) is 0 Å². The van der Waals surface area contributed by atoms with Crippen LogP contribution in [0.3, 0.4) is 0 Å². The molecule has 0 spiro atoms. The first kappa shape index (κ1) is 14.0. The van der Waals surface area contributed by atoms with Crippen LogP contribution >= 0.6 is 0 Å². The highest BCUT2D eigenvalue weighted by atomic mass is 16.5. The smallest absolute Gasteiger partial charge is 0.329 e. The van der Waals surface area contributed by atoms with Crippen molar-refractivity contribution in [3.05, 3.63) is 11.7 Å². The van der Waals surface area contributed by atoms with Gasteiger partial charge in [0, 0.05) is 5.92 Å². The van der Waals surface area contributed by atoms with Gasteiger partial charge in [-0.05, 0) is 18.8 Å². The highest BCUT2D eigenvalue weighted by Crippen LogP contribution is 2.36. The Bertz CT molecular complexity index is 419. The van der Waals surface area contributed by atoms with Crippen LogP contribution in [0.15, 0.2) is 4.52 Å². The zero-order valence-corrected chi connectivity index (χ0v) is 11.2. The molecule has 0 aliphatic heterocycles. The van der Waals surface area contributed by atoms with Crippen LogP contribution in [0.1, 0.15) is 56.7 Å². The summed E-state index contributed by atoms with van der Waals surface area (Å²) in [5.41, 5.74) is 0. The van der Waals surface area contributed by atoms with Crippen molar-refractivity contribution in [2.45, 2.75) is 51.6 Å². The molecule has 1 saturated carbocycles. The van der Waals surface area contributed by atoms with Crippen molar-refractivity contribution in [3.63, 3.8) is 0 Å². The number of carbonyl (C=O) groups is 1. The molecule has 1 aromatic rings. The van der Waals surface area contributed by atoms with Crippen molar-refractivity contribution in [1.82, 2.24) is 10.1 Å². The van der Waals surface area contributed by atoms with Crippen LogP contribution in [0.5, 0.6) is 0 Å². The Morgan fingerprint density at radius 3 is 3.11 bits per heavy atom. The lowest BCUT2D eigenvalue weighted by Crippen LogP contribution is -2.14. The Balaban J connectivity index is 1.87. The molecule has 2 rings (SSSR count). The topological polar surface area (TPSA) is 85.5 Å². The summed E-state index contributed by atoms with van der Waals surface area (Å²) in [6.07, 6.45) is 5.92. The molecule has 6 nitrogen and oxygen atoms in total. The zero-order valence-electron chi connectivity index (χ0n) is 11.2. The molecule has 0 amide bonds. The summed E-state index contributed by atoms with van der Waals surface area (Å²) in [7, 11) is 0. The first-order valence-corrected chi connectivity index (χ1v) is 6.81. The molecule has 19 heavy (non-hydrogen) atoms. The molecule has 1 N–H and O–H groups in total. The van der Waals surface area contributed by atoms with Gasteiger partial charge >= 0.3 is 5.97 Å². The Hall–Kier alpha value is -1.43. The van der Waals surface area contributed by atoms with Gasteiger partial charge in [0.25, 0.3) is 5.89 Å². The summed E-state index contributed by atoms with van der Waals surface area (Å²) in [5, 5.41) is 12.5. The molecule has 2 unspecified atom stereocenters. The molecule has 0 saturated heterocycles. The van der Waals surface area contributed by atoms with Crippen LogP contribution < -0.4 is 0 Å². The molecule has 1 aromatic heterocycles. The van der Waals surface area contributed by atoms with Gasteiger partial charge in [-0.2, -0.15) is 4.98 Å². The normalized spacial score (nSPS) is 23.4. The second kappa shape index (κ2) is 6.65. The van der Waals surface area contributed by atoms with Gasteiger partial charge in [0.1, 0.15) is 13.2 Å². The van der Waals surface area contributed by atoms with E-state index in [-0.39, 0.29) is 13.2 Å². The first-order valence-electron chi connectivity index (χ1n) is 6.81. The highest BCUT2D eigenvalue weighted by Gasteiger charge is 2.25. The lowest BCUT2D eigenvalue weighted by Gasteiger charge is -2.26. The van der Waals surface area contributed by atoms with Gasteiger partial charge in [0.15, 0.2) is 5.82 Å². The predicted molar refractivity (Wildman–Crippen MR) is 66.6 cm³/mol. The fourth-order valence-electron chi connectivity index (χ4n) is 2.61. The van der Waals surface area contributed by atoms with E-state index in [1.807, 2.05) is 0 Å². The second-order valence-electron chi connectivity index (χ2n) is 5.07. The van der Waals surface area contributed by atoms with E-state index in [2.05, 4.69) is 17.1 Å². The van der Waals surface area contributed by atoms with Crippen molar-refractivity contribution >= 4 is 5.97 Å². The average molecular weight is 268 g/mol. The van der Waals surface area contributed by atoms with Gasteiger partial charge in [-0.1, -0.05) is 31.3 Å². The summed E-state index contributed by atoms with van der Waals surface area (Å²) in [5.74, 6) is 1.22. The fourth-order valence-corrected chi connectivity index (χ4v) is 2.61. The number of hydrogen-bond acceptors (Lipinski definition) is 5. The molecule has 1 heterocycles. The Kier molecular flexibility index (Phi) is 4.90. The van der Waals surface area contributed by atoms with Gasteiger partial charge in [-0.25, -0.2) is 4.79 Å². The SMILES string of the molecule is CCC1CCCC(c2noc(COCC(=O)O)n2)C1. The maximum absolute atomic E-state index is 10.3. The molecule has 6 heteroatoms. The number of aliphatic carboxylic acids is 1. The molecular weight excluding hydrogens is 248 g/mol. The van der Waals surface area contributed by atoms with Crippen molar-refractivity contribution in [3.8, 4) is 0 Å². The number of hydrogen-bond donors (Lipinski definition) is 1. The van der Waals surface area contributed by atoms with E-state index < -0.39 is 5.97 Å². The summed E-state index contributed by atoms with van der Waals surface area (Å²) < 4.78 is 10.0. The second-order valence-corrected chi connectivity index (χ2v) is 5.07. The van der Waals surface area contributed by atoms with E-state index in [1.54, 1.807) is 0 Å². The summed E-state index contributed by atoms with van der Waals surface area (Å²) in [4.78, 5) is 14.6. The van der Waals surface area contributed by atoms with Gasteiger partial charge in [0.2, 0.25) is 0 Å². The Morgan fingerprint density at radius 2 is 2.37 bits per heavy atom. The lowest BCUT2D eigenvalue weighted by atomic mass is 9.80. The zero-order chi connectivity index (χ0) is 13.7. The summed E-state index contributed by atoms with van der Waals surface area (Å²) in [6, 6.07) is 0. The molecule has 0 aromatic carbocycles. The first-order chi connectivity index (χ1) is 9.19. The van der Waals surface area contributed by atoms with Crippen LogP contribution in [0, 0.1) is 5.92 Å². The van der Waals surface area contributed by atoms with E-state index in [0.717, 1.165) is 24.6 Å². The highest BCUT2D eigenvalue weighted by molar-refractivity contribution is 5.67. The fraction of sp³-hybridized carbons (Fsp3) is 0.769. The number of ether oxygens (including phenoxy) is 1. The van der Waals surface area contributed by atoms with Gasteiger partial charge in [-0.15, -0.1) is 0 Å². The maximum atomic E-state index is 10.3. The minimum atomic E-state index is -1.00. The molecule has 1 aliphatic carbocycles. The van der Waals surface area contributed by atoms with E-state index in [0.29, 0.717) is 11.8 Å². The van der Waals surface area contributed by atoms with Gasteiger partial charge in [0.05, 0.1) is 0 Å². The number of carboxylic acids is 1. The number of aromatic nitrogens is 2. The molecule has 2 atom stereocenters. The van der Waals surface area contributed by atoms with Crippen molar-refractivity contribution < 1.29 is 19.2 Å². The molecule has 1 aliphatic rings. The summed E-state index contributed by atoms with van der Waals surface area (Å²) >= 11 is 0. The molecule has 106 valence electrons. The van der Waals surface area contributed by atoms with Crippen molar-refractivity contribution in [1.29, 1.82) is 0 Å². The minimum Gasteiger partial charge on any atom is -0.480 e. The van der Waals surface area contributed by atoms with Crippen molar-refractivity contribution in [2.75, 3.05) is 6.61 Å². The quantitative estimate of drug-likeness (QED) is 0.852.